The number of hydrogen-bond donors (Lipinski definition) is 0. The molecule has 0 N–H and O–H groups in total. The van der Waals surface area contributed by atoms with E-state index in [1.165, 1.54) is 13.3 Å². The summed E-state index contributed by atoms with van der Waals surface area (Å²) in [6, 6.07) is 7.52. The van der Waals surface area contributed by atoms with Crippen LogP contribution in [0, 0.1) is 0 Å². The van der Waals surface area contributed by atoms with Crippen LogP contribution < -0.4 is 4.90 Å². The normalized spacial score (nSPS) is 11.8. The summed E-state index contributed by atoms with van der Waals surface area (Å²) in [6.07, 6.45) is 3.29. The number of hydrogen-bond acceptors (Lipinski definition) is 6. The van der Waals surface area contributed by atoms with Gasteiger partial charge in [0, 0.05) is 19.4 Å². The Morgan fingerprint density at radius 1 is 1.25 bits per heavy atom. The Hall–Kier alpha value is -2.50. The summed E-state index contributed by atoms with van der Waals surface area (Å²) >= 11 is 0. The lowest BCUT2D eigenvalue weighted by Crippen LogP contribution is -2.24. The van der Waals surface area contributed by atoms with Crippen LogP contribution in [0.4, 0.5) is 5.82 Å². The van der Waals surface area contributed by atoms with E-state index in [1.54, 1.807) is 12.3 Å². The Morgan fingerprint density at radius 2 is 2.05 bits per heavy atom. The predicted molar refractivity (Wildman–Crippen MR) is 74.4 cm³/mol. The van der Waals surface area contributed by atoms with E-state index in [9.17, 15) is 4.79 Å². The lowest BCUT2D eigenvalue weighted by Gasteiger charge is -2.25. The minimum Gasteiger partial charge on any atom is -0.463 e. The van der Waals surface area contributed by atoms with Gasteiger partial charge in [-0.1, -0.05) is 6.07 Å². The molecule has 0 aliphatic rings. The van der Waals surface area contributed by atoms with E-state index < -0.39 is 5.97 Å². The molecule has 0 aliphatic heterocycles. The maximum absolute atomic E-state index is 11.5. The molecule has 0 amide bonds. The first kappa shape index (κ1) is 13.9. The molecule has 2 rings (SSSR count). The second-order valence-electron chi connectivity index (χ2n) is 4.27. The van der Waals surface area contributed by atoms with Gasteiger partial charge in [0.2, 0.25) is 5.82 Å². The van der Waals surface area contributed by atoms with Crippen LogP contribution in [-0.2, 0) is 4.74 Å². The zero-order valence-corrected chi connectivity index (χ0v) is 11.6. The molecule has 2 heterocycles. The van der Waals surface area contributed by atoms with E-state index in [-0.39, 0.29) is 11.9 Å². The van der Waals surface area contributed by atoms with Crippen molar-refractivity contribution in [3.8, 4) is 0 Å². The largest absolute Gasteiger partial charge is 0.463 e. The summed E-state index contributed by atoms with van der Waals surface area (Å²) in [4.78, 5) is 25.8. The summed E-state index contributed by atoms with van der Waals surface area (Å²) < 4.78 is 4.62. The number of nitrogens with zero attached hydrogens (tertiary/aromatic N) is 4. The molecule has 6 heteroatoms. The van der Waals surface area contributed by atoms with E-state index in [1.807, 2.05) is 37.1 Å². The number of rotatable bonds is 4. The van der Waals surface area contributed by atoms with Gasteiger partial charge in [-0.3, -0.25) is 4.98 Å². The minimum atomic E-state index is -0.550. The van der Waals surface area contributed by atoms with Crippen molar-refractivity contribution in [2.75, 3.05) is 19.1 Å². The van der Waals surface area contributed by atoms with Gasteiger partial charge in [-0.2, -0.15) is 0 Å². The van der Waals surface area contributed by atoms with Crippen LogP contribution in [0.3, 0.4) is 0 Å². The van der Waals surface area contributed by atoms with Gasteiger partial charge in [0.1, 0.15) is 5.82 Å². The van der Waals surface area contributed by atoms with Crippen molar-refractivity contribution >= 4 is 11.8 Å². The summed E-state index contributed by atoms with van der Waals surface area (Å²) in [5.74, 6) is 0.134. The third kappa shape index (κ3) is 2.90. The fourth-order valence-electron chi connectivity index (χ4n) is 1.76. The second-order valence-corrected chi connectivity index (χ2v) is 4.27. The first-order valence-electron chi connectivity index (χ1n) is 6.18. The molecule has 20 heavy (non-hydrogen) atoms. The highest BCUT2D eigenvalue weighted by atomic mass is 16.5. The average molecular weight is 272 g/mol. The average Bonchev–Trinajstić information content (AvgIpc) is 2.53. The second kappa shape index (κ2) is 6.10. The van der Waals surface area contributed by atoms with Crippen LogP contribution in [0.1, 0.15) is 29.3 Å². The standard InChI is InChI=1S/C14H16N4O2/c1-10(11-6-4-5-8-15-11)18(2)12-7-9-16-13(17-12)14(19)20-3/h4-10H,1-3H3/t10-/m1/s1. The zero-order chi connectivity index (χ0) is 14.5. The SMILES string of the molecule is COC(=O)c1nccc(N(C)[C@H](C)c2ccccn2)n1. The van der Waals surface area contributed by atoms with Gasteiger partial charge in [-0.15, -0.1) is 0 Å². The van der Waals surface area contributed by atoms with Crippen molar-refractivity contribution in [2.45, 2.75) is 13.0 Å². The maximum atomic E-state index is 11.5. The Balaban J connectivity index is 2.25. The molecule has 1 atom stereocenters. The Bertz CT molecular complexity index is 589. The molecule has 0 aromatic carbocycles. The number of carbonyl (C=O) groups excluding carboxylic acids is 1. The van der Waals surface area contributed by atoms with Gasteiger partial charge in [0.15, 0.2) is 0 Å². The number of ether oxygens (including phenoxy) is 1. The van der Waals surface area contributed by atoms with E-state index in [0.29, 0.717) is 5.82 Å². The smallest absolute Gasteiger partial charge is 0.376 e. The summed E-state index contributed by atoms with van der Waals surface area (Å²) in [7, 11) is 3.20. The molecule has 0 saturated carbocycles. The molecule has 2 aromatic rings. The number of carbonyl (C=O) groups is 1. The van der Waals surface area contributed by atoms with Gasteiger partial charge in [0.05, 0.1) is 18.8 Å². The Morgan fingerprint density at radius 3 is 2.70 bits per heavy atom. The summed E-state index contributed by atoms with van der Waals surface area (Å²) in [5, 5.41) is 0. The van der Waals surface area contributed by atoms with Gasteiger partial charge >= 0.3 is 5.97 Å². The fourth-order valence-corrected chi connectivity index (χ4v) is 1.76. The molecule has 0 spiro atoms. The number of pyridine rings is 1. The van der Waals surface area contributed by atoms with Crippen molar-refractivity contribution in [2.24, 2.45) is 0 Å². The molecule has 0 unspecified atom stereocenters. The van der Waals surface area contributed by atoms with Crippen molar-refractivity contribution < 1.29 is 9.53 Å². The van der Waals surface area contributed by atoms with Crippen molar-refractivity contribution in [1.82, 2.24) is 15.0 Å². The number of methoxy groups -OCH3 is 1. The summed E-state index contributed by atoms with van der Waals surface area (Å²) in [5.41, 5.74) is 0.924. The third-order valence-electron chi connectivity index (χ3n) is 3.07. The first-order valence-corrected chi connectivity index (χ1v) is 6.18. The molecule has 6 nitrogen and oxygen atoms in total. The first-order chi connectivity index (χ1) is 9.63. The topological polar surface area (TPSA) is 68.2 Å². The molecule has 0 fully saturated rings. The maximum Gasteiger partial charge on any atom is 0.376 e. The molecule has 0 aliphatic carbocycles. The number of aromatic nitrogens is 3. The van der Waals surface area contributed by atoms with Crippen molar-refractivity contribution in [3.05, 3.63) is 48.2 Å². The predicted octanol–water partition coefficient (Wildman–Crippen LogP) is 1.86. The fraction of sp³-hybridized carbons (Fsp3) is 0.286. The highest BCUT2D eigenvalue weighted by Crippen LogP contribution is 2.21. The Labute approximate surface area is 117 Å². The van der Waals surface area contributed by atoms with Crippen LogP contribution >= 0.6 is 0 Å². The molecule has 0 saturated heterocycles. The van der Waals surface area contributed by atoms with Crippen LogP contribution in [-0.4, -0.2) is 35.1 Å². The molecular formula is C14H16N4O2. The van der Waals surface area contributed by atoms with Crippen LogP contribution in [0.15, 0.2) is 36.7 Å². The highest BCUT2D eigenvalue weighted by molar-refractivity contribution is 5.85. The van der Waals surface area contributed by atoms with E-state index in [0.717, 1.165) is 5.69 Å². The van der Waals surface area contributed by atoms with Gasteiger partial charge < -0.3 is 9.64 Å². The molecule has 0 radical (unpaired) electrons. The van der Waals surface area contributed by atoms with Crippen LogP contribution in [0.2, 0.25) is 0 Å². The van der Waals surface area contributed by atoms with E-state index >= 15 is 0 Å². The quantitative estimate of drug-likeness (QED) is 0.791. The molecule has 0 bridgehead atoms. The lowest BCUT2D eigenvalue weighted by atomic mass is 10.2. The zero-order valence-electron chi connectivity index (χ0n) is 11.6. The highest BCUT2D eigenvalue weighted by Gasteiger charge is 2.17. The minimum absolute atomic E-state index is 0.0246. The van der Waals surface area contributed by atoms with Gasteiger partial charge in [-0.05, 0) is 25.1 Å². The summed E-state index contributed by atoms with van der Waals surface area (Å²) in [6.45, 7) is 2.02. The van der Waals surface area contributed by atoms with E-state index in [4.69, 9.17) is 0 Å². The number of anilines is 1. The van der Waals surface area contributed by atoms with Gasteiger partial charge in [0.25, 0.3) is 0 Å². The number of esters is 1. The monoisotopic (exact) mass is 272 g/mol. The van der Waals surface area contributed by atoms with Gasteiger partial charge in [-0.25, -0.2) is 14.8 Å². The van der Waals surface area contributed by atoms with Crippen molar-refractivity contribution in [3.63, 3.8) is 0 Å². The lowest BCUT2D eigenvalue weighted by molar-refractivity contribution is 0.0587. The van der Waals surface area contributed by atoms with Crippen LogP contribution in [0.25, 0.3) is 0 Å². The molecular weight excluding hydrogens is 256 g/mol. The molecule has 104 valence electrons. The third-order valence-corrected chi connectivity index (χ3v) is 3.07. The van der Waals surface area contributed by atoms with Crippen molar-refractivity contribution in [1.29, 1.82) is 0 Å². The van der Waals surface area contributed by atoms with E-state index in [2.05, 4.69) is 19.7 Å². The Kier molecular flexibility index (Phi) is 4.24. The van der Waals surface area contributed by atoms with Crippen LogP contribution in [0.5, 0.6) is 0 Å². The molecule has 2 aromatic heterocycles.